The van der Waals surface area contributed by atoms with Crippen molar-refractivity contribution in [3.05, 3.63) is 0 Å². The average Bonchev–Trinajstić information content (AvgIpc) is 1.89. The molecule has 0 radical (unpaired) electrons. The maximum Gasteiger partial charge on any atom is 0.0515 e. The van der Waals surface area contributed by atoms with E-state index in [1.165, 1.54) is 0 Å². The molecule has 0 rings (SSSR count). The average molecular weight is 198 g/mol. The zero-order chi connectivity index (χ0) is 7.70. The Hall–Kier alpha value is -0.0800. The fourth-order valence-corrected chi connectivity index (χ4v) is 0. The van der Waals surface area contributed by atoms with Crippen molar-refractivity contribution in [2.75, 3.05) is 20.8 Å². The number of methoxy groups -OCH3 is 2. The second-order valence-corrected chi connectivity index (χ2v) is 1.86. The Balaban J connectivity index is -0.0000000146. The van der Waals surface area contributed by atoms with Crippen LogP contribution >= 0.6 is 0 Å². The van der Waals surface area contributed by atoms with E-state index in [4.69, 9.17) is 4.74 Å². The van der Waals surface area contributed by atoms with Gasteiger partial charge in [0.25, 0.3) is 0 Å². The molecule has 2 heteroatoms. The first-order valence-corrected chi connectivity index (χ1v) is 3.20. The van der Waals surface area contributed by atoms with Crippen LogP contribution in [0.2, 0.25) is 0 Å². The van der Waals surface area contributed by atoms with Gasteiger partial charge in [0, 0.05) is 20.8 Å². The van der Waals surface area contributed by atoms with Gasteiger partial charge in [-0.15, -0.1) is 0 Å². The third-order valence-corrected chi connectivity index (χ3v) is 0.760. The van der Waals surface area contributed by atoms with Crippen LogP contribution in [-0.4, -0.2) is 26.9 Å². The van der Waals surface area contributed by atoms with Gasteiger partial charge >= 0.3 is 0 Å². The van der Waals surface area contributed by atoms with Gasteiger partial charge in [-0.05, 0) is 20.8 Å². The summed E-state index contributed by atoms with van der Waals surface area (Å²) >= 11 is 0. The summed E-state index contributed by atoms with van der Waals surface area (Å²) in [6.07, 6.45) is 0.384. The minimum absolute atomic E-state index is 0. The van der Waals surface area contributed by atoms with Gasteiger partial charge in [0.2, 0.25) is 0 Å². The zero-order valence-electron chi connectivity index (χ0n) is 7.10. The Morgan fingerprint density at radius 1 is 0.923 bits per heavy atom. The Morgan fingerprint density at radius 3 is 1.08 bits per heavy atom. The zero-order valence-corrected chi connectivity index (χ0v) is 7.10. The standard InChI is InChI=1S/C4H10O.C3H8O.4CH4/c1-4(2)5-3;1-3-4-2;;;;/h4H,1-3H3;3H2,1-2H3;4*1H4. The molecule has 0 aliphatic carbocycles. The van der Waals surface area contributed by atoms with E-state index < -0.39 is 0 Å². The molecule has 0 aliphatic rings. The lowest BCUT2D eigenvalue weighted by atomic mass is 10.5. The molecule has 0 unspecified atom stereocenters. The van der Waals surface area contributed by atoms with Crippen LogP contribution in [0.5, 0.6) is 0 Å². The molecular formula is C11H34O2. The molecule has 0 heterocycles. The molecule has 0 aromatic rings. The summed E-state index contributed by atoms with van der Waals surface area (Å²) in [5.41, 5.74) is 0. The molecule has 0 saturated carbocycles. The van der Waals surface area contributed by atoms with E-state index in [-0.39, 0.29) is 29.7 Å². The highest BCUT2D eigenvalue weighted by Gasteiger charge is 1.78. The number of hydrogen-bond acceptors (Lipinski definition) is 2. The largest absolute Gasteiger partial charge is 0.385 e. The van der Waals surface area contributed by atoms with E-state index in [9.17, 15) is 0 Å². The van der Waals surface area contributed by atoms with Gasteiger partial charge in [0.05, 0.1) is 6.10 Å². The molecule has 0 atom stereocenters. The van der Waals surface area contributed by atoms with E-state index in [0.29, 0.717) is 6.10 Å². The summed E-state index contributed by atoms with van der Waals surface area (Å²) < 4.78 is 9.29. The molecule has 0 amide bonds. The molecule has 0 aromatic heterocycles. The smallest absolute Gasteiger partial charge is 0.0515 e. The first-order valence-electron chi connectivity index (χ1n) is 3.20. The Kier molecular flexibility index (Phi) is 120. The normalized spacial score (nSPS) is 6.00. The van der Waals surface area contributed by atoms with E-state index in [0.717, 1.165) is 6.61 Å². The Bertz CT molecular complexity index is 35.1. The molecule has 0 saturated heterocycles. The van der Waals surface area contributed by atoms with E-state index >= 15 is 0 Å². The Labute approximate surface area is 87.6 Å². The summed E-state index contributed by atoms with van der Waals surface area (Å²) in [5.74, 6) is 0. The minimum Gasteiger partial charge on any atom is -0.385 e. The molecule has 13 heavy (non-hydrogen) atoms. The molecule has 0 bridgehead atoms. The van der Waals surface area contributed by atoms with Crippen molar-refractivity contribution in [3.63, 3.8) is 0 Å². The molecule has 0 aliphatic heterocycles. The van der Waals surface area contributed by atoms with Crippen LogP contribution in [0.3, 0.4) is 0 Å². The highest BCUT2D eigenvalue weighted by Crippen LogP contribution is 1.77. The molecule has 0 N–H and O–H groups in total. The highest BCUT2D eigenvalue weighted by molar-refractivity contribution is 4.27. The monoisotopic (exact) mass is 198 g/mol. The fraction of sp³-hybridized carbons (Fsp3) is 1.00. The first kappa shape index (κ1) is 38.3. The van der Waals surface area contributed by atoms with Crippen LogP contribution in [0.4, 0.5) is 0 Å². The van der Waals surface area contributed by atoms with Gasteiger partial charge in [-0.3, -0.25) is 0 Å². The summed E-state index contributed by atoms with van der Waals surface area (Å²) in [7, 11) is 3.38. The van der Waals surface area contributed by atoms with Crippen molar-refractivity contribution in [2.24, 2.45) is 0 Å². The van der Waals surface area contributed by atoms with Gasteiger partial charge in [-0.2, -0.15) is 0 Å². The second kappa shape index (κ2) is 40.6. The third-order valence-electron chi connectivity index (χ3n) is 0.760. The van der Waals surface area contributed by atoms with Crippen LogP contribution in [0, 0.1) is 0 Å². The SMILES string of the molecule is C.C.C.C.CCOC.COC(C)C. The quantitative estimate of drug-likeness (QED) is 0.661. The topological polar surface area (TPSA) is 18.5 Å². The minimum atomic E-state index is 0. The molecule has 0 aromatic carbocycles. The number of ether oxygens (including phenoxy) is 2. The molecule has 0 fully saturated rings. The number of rotatable bonds is 2. The summed E-state index contributed by atoms with van der Waals surface area (Å²) in [6, 6.07) is 0. The van der Waals surface area contributed by atoms with Gasteiger partial charge in [0.15, 0.2) is 0 Å². The van der Waals surface area contributed by atoms with Crippen LogP contribution in [-0.2, 0) is 9.47 Å². The van der Waals surface area contributed by atoms with Crippen molar-refractivity contribution in [2.45, 2.75) is 56.6 Å². The summed E-state index contributed by atoms with van der Waals surface area (Å²) in [5, 5.41) is 0. The van der Waals surface area contributed by atoms with Gasteiger partial charge in [0.1, 0.15) is 0 Å². The van der Waals surface area contributed by atoms with E-state index in [1.54, 1.807) is 14.2 Å². The van der Waals surface area contributed by atoms with E-state index in [1.807, 2.05) is 20.8 Å². The summed E-state index contributed by atoms with van der Waals surface area (Å²) in [4.78, 5) is 0. The first-order chi connectivity index (χ1) is 4.18. The van der Waals surface area contributed by atoms with Crippen molar-refractivity contribution < 1.29 is 9.47 Å². The van der Waals surface area contributed by atoms with Crippen LogP contribution < -0.4 is 0 Å². The van der Waals surface area contributed by atoms with Gasteiger partial charge in [-0.1, -0.05) is 29.7 Å². The molecular weight excluding hydrogens is 164 g/mol. The predicted molar refractivity (Wildman–Crippen MR) is 66.6 cm³/mol. The molecule has 2 nitrogen and oxygen atoms in total. The van der Waals surface area contributed by atoms with Gasteiger partial charge in [-0.25, -0.2) is 0 Å². The maximum atomic E-state index is 4.75. The predicted octanol–water partition coefficient (Wildman–Crippen LogP) is 4.24. The van der Waals surface area contributed by atoms with Crippen LogP contribution in [0.1, 0.15) is 50.5 Å². The summed E-state index contributed by atoms with van der Waals surface area (Å²) in [6.45, 7) is 6.78. The maximum absolute atomic E-state index is 4.75. The van der Waals surface area contributed by atoms with Crippen molar-refractivity contribution in [1.82, 2.24) is 0 Å². The number of hydrogen-bond donors (Lipinski definition) is 0. The molecule has 0 spiro atoms. The van der Waals surface area contributed by atoms with Crippen LogP contribution in [0.15, 0.2) is 0 Å². The second-order valence-electron chi connectivity index (χ2n) is 1.86. The van der Waals surface area contributed by atoms with E-state index in [2.05, 4.69) is 4.74 Å². The molecule has 90 valence electrons. The van der Waals surface area contributed by atoms with Crippen molar-refractivity contribution in [3.8, 4) is 0 Å². The lowest BCUT2D eigenvalue weighted by Crippen LogP contribution is -1.94. The fourth-order valence-electron chi connectivity index (χ4n) is 0. The van der Waals surface area contributed by atoms with Crippen molar-refractivity contribution >= 4 is 0 Å². The lowest BCUT2D eigenvalue weighted by Gasteiger charge is -1.94. The lowest BCUT2D eigenvalue weighted by molar-refractivity contribution is 0.134. The van der Waals surface area contributed by atoms with Gasteiger partial charge < -0.3 is 9.47 Å². The highest BCUT2D eigenvalue weighted by atomic mass is 16.5. The third kappa shape index (κ3) is 138. The van der Waals surface area contributed by atoms with Crippen LogP contribution in [0.25, 0.3) is 0 Å². The van der Waals surface area contributed by atoms with Crippen molar-refractivity contribution in [1.29, 1.82) is 0 Å². The Morgan fingerprint density at radius 2 is 1.08 bits per heavy atom.